The van der Waals surface area contributed by atoms with Crippen molar-refractivity contribution in [1.29, 1.82) is 0 Å². The average molecular weight is 289 g/mol. The van der Waals surface area contributed by atoms with E-state index >= 15 is 0 Å². The number of carboxylic acid groups (broad SMARTS) is 1. The first-order valence-corrected chi connectivity index (χ1v) is 7.64. The molecule has 0 heterocycles. The van der Waals surface area contributed by atoms with Crippen molar-refractivity contribution < 1.29 is 14.7 Å². The number of benzene rings is 1. The number of carbonyl (C=O) groups is 2. The maximum absolute atomic E-state index is 12.0. The predicted octanol–water partition coefficient (Wildman–Crippen LogP) is 2.73. The highest BCUT2D eigenvalue weighted by Crippen LogP contribution is 2.30. The van der Waals surface area contributed by atoms with E-state index in [0.29, 0.717) is 18.8 Å². The molecule has 1 unspecified atom stereocenters. The molecule has 21 heavy (non-hydrogen) atoms. The summed E-state index contributed by atoms with van der Waals surface area (Å²) in [6.45, 7) is 1.99. The van der Waals surface area contributed by atoms with Gasteiger partial charge in [0.25, 0.3) is 0 Å². The van der Waals surface area contributed by atoms with Gasteiger partial charge in [0.2, 0.25) is 5.91 Å². The molecule has 0 spiro atoms. The standard InChI is InChI=1S/C17H23NO3/c1-2-17(16(20)21,14-9-4-3-5-10-14)12-18-15(19)11-13-7-6-8-13/h3-5,9-10,13H,2,6-8,11-12H2,1H3,(H,18,19)(H,20,21). The van der Waals surface area contributed by atoms with Gasteiger partial charge < -0.3 is 10.4 Å². The van der Waals surface area contributed by atoms with Crippen LogP contribution in [0.15, 0.2) is 30.3 Å². The zero-order chi connectivity index (χ0) is 15.3. The lowest BCUT2D eigenvalue weighted by Crippen LogP contribution is -2.46. The van der Waals surface area contributed by atoms with Gasteiger partial charge in [-0.05, 0) is 30.7 Å². The van der Waals surface area contributed by atoms with Gasteiger partial charge in [0, 0.05) is 13.0 Å². The van der Waals surface area contributed by atoms with Crippen LogP contribution in [0.5, 0.6) is 0 Å². The predicted molar refractivity (Wildman–Crippen MR) is 81.0 cm³/mol. The van der Waals surface area contributed by atoms with Crippen molar-refractivity contribution in [2.75, 3.05) is 6.54 Å². The highest BCUT2D eigenvalue weighted by Gasteiger charge is 2.39. The normalized spacial score (nSPS) is 17.6. The average Bonchev–Trinajstić information content (AvgIpc) is 2.45. The summed E-state index contributed by atoms with van der Waals surface area (Å²) in [4.78, 5) is 23.8. The second-order valence-electron chi connectivity index (χ2n) is 5.88. The van der Waals surface area contributed by atoms with Crippen LogP contribution in [0.2, 0.25) is 0 Å². The lowest BCUT2D eigenvalue weighted by molar-refractivity contribution is -0.144. The van der Waals surface area contributed by atoms with Gasteiger partial charge in [-0.2, -0.15) is 0 Å². The second-order valence-corrected chi connectivity index (χ2v) is 5.88. The fourth-order valence-corrected chi connectivity index (χ4v) is 2.82. The number of carboxylic acids is 1. The lowest BCUT2D eigenvalue weighted by Gasteiger charge is -2.30. The van der Waals surface area contributed by atoms with Crippen LogP contribution in [0.25, 0.3) is 0 Å². The van der Waals surface area contributed by atoms with Crippen LogP contribution >= 0.6 is 0 Å². The molecule has 1 saturated carbocycles. The third-order valence-corrected chi connectivity index (χ3v) is 4.63. The first-order valence-electron chi connectivity index (χ1n) is 7.64. The SMILES string of the molecule is CCC(CNC(=O)CC1CCC1)(C(=O)O)c1ccccc1. The Labute approximate surface area is 125 Å². The molecule has 1 fully saturated rings. The van der Waals surface area contributed by atoms with Gasteiger partial charge in [-0.3, -0.25) is 9.59 Å². The molecule has 2 N–H and O–H groups in total. The zero-order valence-corrected chi connectivity index (χ0v) is 12.5. The summed E-state index contributed by atoms with van der Waals surface area (Å²) in [5.74, 6) is -0.433. The minimum atomic E-state index is -1.05. The lowest BCUT2D eigenvalue weighted by atomic mass is 9.77. The fraction of sp³-hybridized carbons (Fsp3) is 0.529. The summed E-state index contributed by atoms with van der Waals surface area (Å²) in [5.41, 5.74) is -0.305. The first-order chi connectivity index (χ1) is 10.1. The Morgan fingerprint density at radius 1 is 1.29 bits per heavy atom. The van der Waals surface area contributed by atoms with E-state index in [-0.39, 0.29) is 12.5 Å². The van der Waals surface area contributed by atoms with Crippen molar-refractivity contribution in [2.45, 2.75) is 44.4 Å². The molecule has 1 aromatic rings. The maximum atomic E-state index is 12.0. The van der Waals surface area contributed by atoms with Crippen LogP contribution in [-0.4, -0.2) is 23.5 Å². The number of carbonyl (C=O) groups excluding carboxylic acids is 1. The summed E-state index contributed by atoms with van der Waals surface area (Å²) in [7, 11) is 0. The summed E-state index contributed by atoms with van der Waals surface area (Å²) in [5, 5.41) is 12.5. The summed E-state index contributed by atoms with van der Waals surface area (Å²) in [6, 6.07) is 9.16. The van der Waals surface area contributed by atoms with Gasteiger partial charge in [0.15, 0.2) is 0 Å². The van der Waals surface area contributed by atoms with Crippen molar-refractivity contribution in [1.82, 2.24) is 5.32 Å². The number of hydrogen-bond donors (Lipinski definition) is 2. The molecule has 0 aliphatic heterocycles. The Hall–Kier alpha value is -1.84. The molecule has 0 aromatic heterocycles. The Balaban J connectivity index is 2.06. The molecule has 114 valence electrons. The molecule has 0 radical (unpaired) electrons. The van der Waals surface area contributed by atoms with Crippen molar-refractivity contribution in [3.63, 3.8) is 0 Å². The monoisotopic (exact) mass is 289 g/mol. The van der Waals surface area contributed by atoms with E-state index < -0.39 is 11.4 Å². The van der Waals surface area contributed by atoms with E-state index in [1.165, 1.54) is 6.42 Å². The van der Waals surface area contributed by atoms with Gasteiger partial charge in [0.05, 0.1) is 0 Å². The molecule has 2 rings (SSSR count). The van der Waals surface area contributed by atoms with Crippen molar-refractivity contribution in [3.8, 4) is 0 Å². The van der Waals surface area contributed by atoms with Gasteiger partial charge in [-0.25, -0.2) is 0 Å². The van der Waals surface area contributed by atoms with E-state index in [2.05, 4.69) is 5.32 Å². The summed E-state index contributed by atoms with van der Waals surface area (Å²) < 4.78 is 0. The smallest absolute Gasteiger partial charge is 0.315 e. The van der Waals surface area contributed by atoms with Crippen molar-refractivity contribution >= 4 is 11.9 Å². The van der Waals surface area contributed by atoms with Crippen LogP contribution in [0.4, 0.5) is 0 Å². The van der Waals surface area contributed by atoms with E-state index in [0.717, 1.165) is 18.4 Å². The molecule has 1 aliphatic carbocycles. The van der Waals surface area contributed by atoms with Gasteiger partial charge in [0.1, 0.15) is 5.41 Å². The molecule has 0 saturated heterocycles. The highest BCUT2D eigenvalue weighted by atomic mass is 16.4. The molecular weight excluding hydrogens is 266 g/mol. The molecule has 4 nitrogen and oxygen atoms in total. The van der Waals surface area contributed by atoms with Crippen LogP contribution in [-0.2, 0) is 15.0 Å². The Bertz CT molecular complexity index is 496. The minimum absolute atomic E-state index is 0.0327. The minimum Gasteiger partial charge on any atom is -0.481 e. The van der Waals surface area contributed by atoms with Crippen LogP contribution < -0.4 is 5.32 Å². The Morgan fingerprint density at radius 3 is 2.43 bits per heavy atom. The Morgan fingerprint density at radius 2 is 1.95 bits per heavy atom. The number of rotatable bonds is 7. The molecule has 1 atom stereocenters. The maximum Gasteiger partial charge on any atom is 0.315 e. The molecule has 1 aromatic carbocycles. The molecular formula is C17H23NO3. The van der Waals surface area contributed by atoms with Gasteiger partial charge >= 0.3 is 5.97 Å². The number of hydrogen-bond acceptors (Lipinski definition) is 2. The molecule has 0 bridgehead atoms. The van der Waals surface area contributed by atoms with Crippen molar-refractivity contribution in [2.24, 2.45) is 5.92 Å². The molecule has 1 amide bonds. The molecule has 4 heteroatoms. The number of amides is 1. The van der Waals surface area contributed by atoms with E-state index in [1.54, 1.807) is 0 Å². The zero-order valence-electron chi connectivity index (χ0n) is 12.5. The largest absolute Gasteiger partial charge is 0.481 e. The quantitative estimate of drug-likeness (QED) is 0.811. The number of nitrogens with one attached hydrogen (secondary N) is 1. The van der Waals surface area contributed by atoms with Gasteiger partial charge in [-0.15, -0.1) is 0 Å². The Kier molecular flexibility index (Phi) is 4.99. The van der Waals surface area contributed by atoms with Crippen molar-refractivity contribution in [3.05, 3.63) is 35.9 Å². The summed E-state index contributed by atoms with van der Waals surface area (Å²) in [6.07, 6.45) is 4.40. The molecule has 1 aliphatic rings. The second kappa shape index (κ2) is 6.74. The third-order valence-electron chi connectivity index (χ3n) is 4.63. The number of aliphatic carboxylic acids is 1. The third kappa shape index (κ3) is 3.43. The fourth-order valence-electron chi connectivity index (χ4n) is 2.82. The van der Waals surface area contributed by atoms with E-state index in [1.807, 2.05) is 37.3 Å². The first kappa shape index (κ1) is 15.5. The van der Waals surface area contributed by atoms with E-state index in [9.17, 15) is 14.7 Å². The summed E-state index contributed by atoms with van der Waals surface area (Å²) >= 11 is 0. The van der Waals surface area contributed by atoms with Crippen LogP contribution in [0, 0.1) is 5.92 Å². The highest BCUT2D eigenvalue weighted by molar-refractivity contribution is 5.83. The topological polar surface area (TPSA) is 66.4 Å². The van der Waals surface area contributed by atoms with Crippen LogP contribution in [0.3, 0.4) is 0 Å². The van der Waals surface area contributed by atoms with E-state index in [4.69, 9.17) is 0 Å². The van der Waals surface area contributed by atoms with Crippen LogP contribution in [0.1, 0.15) is 44.6 Å². The van der Waals surface area contributed by atoms with Gasteiger partial charge in [-0.1, -0.05) is 43.7 Å².